The molecule has 0 bridgehead atoms. The van der Waals surface area contributed by atoms with E-state index in [1.165, 1.54) is 25.9 Å². The molecule has 1 N–H and O–H groups in total. The van der Waals surface area contributed by atoms with Crippen molar-refractivity contribution in [3.05, 3.63) is 0 Å². The molecule has 15 heavy (non-hydrogen) atoms. The molecular formula is C13H28N2. The van der Waals surface area contributed by atoms with E-state index in [4.69, 9.17) is 0 Å². The number of hydrogen-bond donors (Lipinski definition) is 1. The Kier molecular flexibility index (Phi) is 4.60. The van der Waals surface area contributed by atoms with Crippen molar-refractivity contribution in [1.29, 1.82) is 0 Å². The second kappa shape index (κ2) is 5.31. The van der Waals surface area contributed by atoms with Crippen LogP contribution >= 0.6 is 0 Å². The topological polar surface area (TPSA) is 15.3 Å². The Balaban J connectivity index is 2.49. The van der Waals surface area contributed by atoms with Gasteiger partial charge in [-0.3, -0.25) is 4.90 Å². The van der Waals surface area contributed by atoms with Gasteiger partial charge in [0.25, 0.3) is 0 Å². The van der Waals surface area contributed by atoms with Crippen LogP contribution in [0.2, 0.25) is 0 Å². The third-order valence-electron chi connectivity index (χ3n) is 3.80. The van der Waals surface area contributed by atoms with Crippen LogP contribution in [0.1, 0.15) is 40.5 Å². The molecule has 1 heterocycles. The van der Waals surface area contributed by atoms with Crippen molar-refractivity contribution in [2.24, 2.45) is 11.3 Å². The van der Waals surface area contributed by atoms with Crippen LogP contribution in [0.3, 0.4) is 0 Å². The number of rotatable bonds is 4. The van der Waals surface area contributed by atoms with Crippen LogP contribution < -0.4 is 5.32 Å². The minimum Gasteiger partial charge on any atom is -0.318 e. The maximum atomic E-state index is 3.33. The lowest BCUT2D eigenvalue weighted by molar-refractivity contribution is 0.0738. The van der Waals surface area contributed by atoms with Crippen LogP contribution in [0, 0.1) is 11.3 Å². The number of likely N-dealkylation sites (tertiary alicyclic amines) is 1. The summed E-state index contributed by atoms with van der Waals surface area (Å²) in [5, 5.41) is 3.33. The maximum Gasteiger partial charge on any atom is 0.0243 e. The van der Waals surface area contributed by atoms with Crippen molar-refractivity contribution >= 4 is 0 Å². The molecule has 0 aromatic carbocycles. The molecule has 1 saturated heterocycles. The smallest absolute Gasteiger partial charge is 0.0243 e. The van der Waals surface area contributed by atoms with Gasteiger partial charge in [0, 0.05) is 12.6 Å². The highest BCUT2D eigenvalue weighted by Gasteiger charge is 2.29. The van der Waals surface area contributed by atoms with E-state index in [1.807, 2.05) is 0 Å². The predicted molar refractivity (Wildman–Crippen MR) is 67.1 cm³/mol. The SMILES string of the molecule is CNCC(C(C)C)N1CCC(C)(C)CC1. The molecule has 0 aliphatic carbocycles. The lowest BCUT2D eigenvalue weighted by atomic mass is 9.81. The van der Waals surface area contributed by atoms with Crippen LogP contribution in [0.15, 0.2) is 0 Å². The quantitative estimate of drug-likeness (QED) is 0.769. The molecule has 1 unspecified atom stereocenters. The van der Waals surface area contributed by atoms with E-state index in [1.54, 1.807) is 0 Å². The fraction of sp³-hybridized carbons (Fsp3) is 1.00. The van der Waals surface area contributed by atoms with Crippen molar-refractivity contribution < 1.29 is 0 Å². The zero-order valence-electron chi connectivity index (χ0n) is 11.1. The normalized spacial score (nSPS) is 24.4. The molecular weight excluding hydrogens is 184 g/mol. The zero-order chi connectivity index (χ0) is 11.5. The van der Waals surface area contributed by atoms with Crippen LogP contribution in [0.25, 0.3) is 0 Å². The fourth-order valence-electron chi connectivity index (χ4n) is 2.46. The van der Waals surface area contributed by atoms with Gasteiger partial charge in [0.05, 0.1) is 0 Å². The van der Waals surface area contributed by atoms with Crippen molar-refractivity contribution in [3.63, 3.8) is 0 Å². The van der Waals surface area contributed by atoms with Gasteiger partial charge in [0.1, 0.15) is 0 Å². The third-order valence-corrected chi connectivity index (χ3v) is 3.80. The van der Waals surface area contributed by atoms with Crippen LogP contribution in [0.5, 0.6) is 0 Å². The van der Waals surface area contributed by atoms with Gasteiger partial charge in [0.2, 0.25) is 0 Å². The van der Waals surface area contributed by atoms with Gasteiger partial charge >= 0.3 is 0 Å². The van der Waals surface area contributed by atoms with Crippen molar-refractivity contribution in [1.82, 2.24) is 10.2 Å². The van der Waals surface area contributed by atoms with Crippen LogP contribution in [-0.2, 0) is 0 Å². The molecule has 1 fully saturated rings. The van der Waals surface area contributed by atoms with Gasteiger partial charge in [-0.15, -0.1) is 0 Å². The highest BCUT2D eigenvalue weighted by atomic mass is 15.2. The monoisotopic (exact) mass is 212 g/mol. The van der Waals surface area contributed by atoms with E-state index in [0.29, 0.717) is 11.5 Å². The number of piperidine rings is 1. The first-order valence-electron chi connectivity index (χ1n) is 6.35. The molecule has 2 heteroatoms. The Morgan fingerprint density at radius 1 is 1.20 bits per heavy atom. The second-order valence-electron chi connectivity index (χ2n) is 6.07. The van der Waals surface area contributed by atoms with Gasteiger partial charge in [-0.1, -0.05) is 27.7 Å². The molecule has 2 nitrogen and oxygen atoms in total. The average molecular weight is 212 g/mol. The first-order chi connectivity index (χ1) is 6.96. The summed E-state index contributed by atoms with van der Waals surface area (Å²) in [7, 11) is 2.06. The summed E-state index contributed by atoms with van der Waals surface area (Å²) in [4.78, 5) is 2.67. The fourth-order valence-corrected chi connectivity index (χ4v) is 2.46. The van der Waals surface area contributed by atoms with Crippen LogP contribution in [-0.4, -0.2) is 37.6 Å². The van der Waals surface area contributed by atoms with E-state index in [0.717, 1.165) is 12.5 Å². The first kappa shape index (κ1) is 13.0. The minimum absolute atomic E-state index is 0.567. The number of nitrogens with zero attached hydrogens (tertiary/aromatic N) is 1. The summed E-state index contributed by atoms with van der Waals surface area (Å²) in [6, 6.07) is 0.714. The number of hydrogen-bond acceptors (Lipinski definition) is 2. The van der Waals surface area contributed by atoms with Gasteiger partial charge < -0.3 is 5.32 Å². The largest absolute Gasteiger partial charge is 0.318 e. The molecule has 0 amide bonds. The molecule has 90 valence electrons. The van der Waals surface area contributed by atoms with E-state index in [9.17, 15) is 0 Å². The lowest BCUT2D eigenvalue weighted by Crippen LogP contribution is -2.49. The van der Waals surface area contributed by atoms with E-state index >= 15 is 0 Å². The van der Waals surface area contributed by atoms with E-state index in [-0.39, 0.29) is 0 Å². The van der Waals surface area contributed by atoms with Gasteiger partial charge in [0.15, 0.2) is 0 Å². The minimum atomic E-state index is 0.567. The van der Waals surface area contributed by atoms with E-state index in [2.05, 4.69) is 45.0 Å². The number of nitrogens with one attached hydrogen (secondary N) is 1. The second-order valence-corrected chi connectivity index (χ2v) is 6.07. The van der Waals surface area contributed by atoms with Gasteiger partial charge in [-0.05, 0) is 44.3 Å². The van der Waals surface area contributed by atoms with Crippen LogP contribution in [0.4, 0.5) is 0 Å². The average Bonchev–Trinajstić information content (AvgIpc) is 2.14. The molecule has 1 aliphatic rings. The van der Waals surface area contributed by atoms with Crippen molar-refractivity contribution in [2.75, 3.05) is 26.7 Å². The van der Waals surface area contributed by atoms with Gasteiger partial charge in [-0.25, -0.2) is 0 Å². The standard InChI is InChI=1S/C13H28N2/c1-11(2)12(10-14-5)15-8-6-13(3,4)7-9-15/h11-12,14H,6-10H2,1-5H3. The molecule has 0 saturated carbocycles. The molecule has 1 rings (SSSR count). The maximum absolute atomic E-state index is 3.33. The predicted octanol–water partition coefficient (Wildman–Crippen LogP) is 2.35. The zero-order valence-corrected chi connectivity index (χ0v) is 11.1. The molecule has 1 atom stereocenters. The summed E-state index contributed by atoms with van der Waals surface area (Å²) in [5.41, 5.74) is 0.567. The molecule has 0 aromatic rings. The van der Waals surface area contributed by atoms with Crippen molar-refractivity contribution in [3.8, 4) is 0 Å². The summed E-state index contributed by atoms with van der Waals surface area (Å²) in [6.07, 6.45) is 2.69. The first-order valence-corrected chi connectivity index (χ1v) is 6.35. The molecule has 0 aromatic heterocycles. The summed E-state index contributed by atoms with van der Waals surface area (Å²) in [6.45, 7) is 13.1. The highest BCUT2D eigenvalue weighted by Crippen LogP contribution is 2.31. The number of likely N-dealkylation sites (N-methyl/N-ethyl adjacent to an activating group) is 1. The summed E-state index contributed by atoms with van der Waals surface area (Å²) in [5.74, 6) is 0.749. The third kappa shape index (κ3) is 3.76. The molecule has 1 aliphatic heterocycles. The molecule has 0 spiro atoms. The molecule has 0 radical (unpaired) electrons. The lowest BCUT2D eigenvalue weighted by Gasteiger charge is -2.42. The Labute approximate surface area is 95.4 Å². The summed E-state index contributed by atoms with van der Waals surface area (Å²) < 4.78 is 0. The Morgan fingerprint density at radius 3 is 2.13 bits per heavy atom. The highest BCUT2D eigenvalue weighted by molar-refractivity contribution is 4.84. The Morgan fingerprint density at radius 2 is 1.73 bits per heavy atom. The van der Waals surface area contributed by atoms with Gasteiger partial charge in [-0.2, -0.15) is 0 Å². The van der Waals surface area contributed by atoms with E-state index < -0.39 is 0 Å². The summed E-state index contributed by atoms with van der Waals surface area (Å²) >= 11 is 0. The Bertz CT molecular complexity index is 177. The van der Waals surface area contributed by atoms with Crippen molar-refractivity contribution in [2.45, 2.75) is 46.6 Å². The Hall–Kier alpha value is -0.0800.